The molecule has 0 saturated heterocycles. The molecule has 2 atom stereocenters. The Morgan fingerprint density at radius 2 is 1.86 bits per heavy atom. The molecule has 4 aromatic rings. The average Bonchev–Trinajstić information content (AvgIpc) is 2.86. The molecular formula is C27H26F2N5OP. The number of halogens is 2. The van der Waals surface area contributed by atoms with Crippen LogP contribution in [0.2, 0.25) is 0 Å². The van der Waals surface area contributed by atoms with Gasteiger partial charge in [-0.3, -0.25) is 9.97 Å². The largest absolute Gasteiger partial charge is 0.376 e. The van der Waals surface area contributed by atoms with Crippen molar-refractivity contribution in [2.45, 2.75) is 33.7 Å². The number of nitrogens with zero attached hydrogens (tertiary/aromatic N) is 4. The Morgan fingerprint density at radius 1 is 1.11 bits per heavy atom. The molecule has 3 heterocycles. The Morgan fingerprint density at radius 3 is 2.50 bits per heavy atom. The highest BCUT2D eigenvalue weighted by molar-refractivity contribution is 7.70. The van der Waals surface area contributed by atoms with E-state index in [2.05, 4.69) is 20.3 Å². The number of anilines is 1. The number of aryl methyl sites for hydroxylation is 1. The van der Waals surface area contributed by atoms with Crippen LogP contribution < -0.4 is 10.8 Å². The van der Waals surface area contributed by atoms with E-state index in [0.29, 0.717) is 50.7 Å². The summed E-state index contributed by atoms with van der Waals surface area (Å²) in [5, 5.41) is 12.5. The molecule has 1 unspecified atom stereocenters. The van der Waals surface area contributed by atoms with Gasteiger partial charge in [-0.1, -0.05) is 6.92 Å². The standard InChI is InChI=1S/C27H26F2N5OP/c1-6-36(5,35)24-10-8-19(14-31-24)26-22(29)12-23-27(34-26)25(15(2)16(3)32-23)33-17(4)20-11-18(13-30)7-9-21(20)28/h7-12,14,17H,6H2,1-5H3,(H,32,33)/t17-,36?/m1/s1. The third-order valence-corrected chi connectivity index (χ3v) is 8.90. The summed E-state index contributed by atoms with van der Waals surface area (Å²) in [5.74, 6) is -0.998. The van der Waals surface area contributed by atoms with Crippen molar-refractivity contribution in [3.63, 3.8) is 0 Å². The SMILES string of the molecule is CCP(C)(=O)c1ccc(-c2nc3c(N[C@H](C)c4cc(C#N)ccc4F)c(C)c(C)nc3cc2F)cn1. The fraction of sp³-hybridized carbons (Fsp3) is 0.259. The van der Waals surface area contributed by atoms with Gasteiger partial charge >= 0.3 is 0 Å². The van der Waals surface area contributed by atoms with Crippen molar-refractivity contribution < 1.29 is 13.3 Å². The molecule has 36 heavy (non-hydrogen) atoms. The second-order valence-corrected chi connectivity index (χ2v) is 12.2. The molecule has 3 aromatic heterocycles. The molecule has 0 bridgehead atoms. The molecule has 0 aliphatic heterocycles. The predicted octanol–water partition coefficient (Wildman–Crippen LogP) is 6.27. The lowest BCUT2D eigenvalue weighted by Crippen LogP contribution is -2.12. The van der Waals surface area contributed by atoms with E-state index < -0.39 is 24.8 Å². The van der Waals surface area contributed by atoms with Crippen LogP contribution in [0.5, 0.6) is 0 Å². The second-order valence-electron chi connectivity index (χ2n) is 8.92. The fourth-order valence-electron chi connectivity index (χ4n) is 3.96. The third-order valence-electron chi connectivity index (χ3n) is 6.46. The quantitative estimate of drug-likeness (QED) is 0.311. The lowest BCUT2D eigenvalue weighted by molar-refractivity contribution is 0.585. The minimum atomic E-state index is -2.56. The zero-order chi connectivity index (χ0) is 26.2. The molecule has 184 valence electrons. The number of benzene rings is 1. The zero-order valence-corrected chi connectivity index (χ0v) is 21.6. The molecule has 4 rings (SSSR count). The van der Waals surface area contributed by atoms with Crippen molar-refractivity contribution in [2.75, 3.05) is 18.1 Å². The van der Waals surface area contributed by atoms with Crippen molar-refractivity contribution in [3.8, 4) is 17.3 Å². The lowest BCUT2D eigenvalue weighted by atomic mass is 10.0. The summed E-state index contributed by atoms with van der Waals surface area (Å²) in [6.45, 7) is 8.98. The first-order chi connectivity index (χ1) is 17.1. The molecule has 0 fully saturated rings. The minimum absolute atomic E-state index is 0.0856. The number of pyridine rings is 3. The first kappa shape index (κ1) is 25.4. The van der Waals surface area contributed by atoms with Gasteiger partial charge in [0.2, 0.25) is 0 Å². The molecule has 0 aliphatic rings. The van der Waals surface area contributed by atoms with E-state index in [4.69, 9.17) is 0 Å². The van der Waals surface area contributed by atoms with Crippen LogP contribution >= 0.6 is 7.14 Å². The van der Waals surface area contributed by atoms with Crippen LogP contribution in [0, 0.1) is 36.8 Å². The Bertz CT molecular complexity index is 1560. The molecular weight excluding hydrogens is 479 g/mol. The molecule has 0 amide bonds. The Balaban J connectivity index is 1.83. The van der Waals surface area contributed by atoms with Gasteiger partial charge in [0.05, 0.1) is 34.3 Å². The highest BCUT2D eigenvalue weighted by Gasteiger charge is 2.21. The van der Waals surface area contributed by atoms with E-state index in [0.717, 1.165) is 5.56 Å². The number of hydrogen-bond donors (Lipinski definition) is 1. The first-order valence-corrected chi connectivity index (χ1v) is 13.9. The first-order valence-electron chi connectivity index (χ1n) is 11.5. The molecule has 0 spiro atoms. The molecule has 0 aliphatic carbocycles. The van der Waals surface area contributed by atoms with E-state index in [1.54, 1.807) is 25.7 Å². The van der Waals surface area contributed by atoms with E-state index in [9.17, 15) is 14.2 Å². The Kier molecular flexibility index (Phi) is 6.88. The summed E-state index contributed by atoms with van der Waals surface area (Å²) < 4.78 is 42.4. The van der Waals surface area contributed by atoms with Gasteiger partial charge in [0.1, 0.15) is 24.2 Å². The van der Waals surface area contributed by atoms with Gasteiger partial charge in [-0.05, 0) is 63.3 Å². The van der Waals surface area contributed by atoms with Crippen molar-refractivity contribution >= 4 is 29.3 Å². The van der Waals surface area contributed by atoms with Gasteiger partial charge in [0, 0.05) is 35.2 Å². The molecule has 6 nitrogen and oxygen atoms in total. The lowest BCUT2D eigenvalue weighted by Gasteiger charge is -2.21. The number of nitriles is 1. The van der Waals surface area contributed by atoms with E-state index in [1.165, 1.54) is 30.5 Å². The molecule has 9 heteroatoms. The number of nitrogens with one attached hydrogen (secondary N) is 1. The van der Waals surface area contributed by atoms with E-state index in [1.807, 2.05) is 26.8 Å². The van der Waals surface area contributed by atoms with Crippen LogP contribution in [0.4, 0.5) is 14.5 Å². The van der Waals surface area contributed by atoms with Crippen LogP contribution in [0.15, 0.2) is 42.6 Å². The van der Waals surface area contributed by atoms with Crippen molar-refractivity contribution in [3.05, 3.63) is 76.6 Å². The summed E-state index contributed by atoms with van der Waals surface area (Å²) >= 11 is 0. The summed E-state index contributed by atoms with van der Waals surface area (Å²) in [7, 11) is -2.56. The van der Waals surface area contributed by atoms with Crippen molar-refractivity contribution in [1.29, 1.82) is 5.26 Å². The molecule has 0 radical (unpaired) electrons. The van der Waals surface area contributed by atoms with Crippen LogP contribution in [0.3, 0.4) is 0 Å². The normalized spacial score (nSPS) is 13.7. The zero-order valence-electron chi connectivity index (χ0n) is 20.7. The predicted molar refractivity (Wildman–Crippen MR) is 139 cm³/mol. The Hall–Kier alpha value is -3.69. The highest BCUT2D eigenvalue weighted by atomic mass is 31.2. The van der Waals surface area contributed by atoms with Gasteiger partial charge in [0.25, 0.3) is 0 Å². The van der Waals surface area contributed by atoms with Crippen LogP contribution in [0.1, 0.15) is 42.3 Å². The van der Waals surface area contributed by atoms with Crippen molar-refractivity contribution in [1.82, 2.24) is 15.0 Å². The van der Waals surface area contributed by atoms with E-state index in [-0.39, 0.29) is 5.69 Å². The fourth-order valence-corrected chi connectivity index (χ4v) is 4.97. The van der Waals surface area contributed by atoms with Gasteiger partial charge in [0.15, 0.2) is 5.82 Å². The van der Waals surface area contributed by atoms with Crippen molar-refractivity contribution in [2.24, 2.45) is 0 Å². The minimum Gasteiger partial charge on any atom is -0.376 e. The number of hydrogen-bond acceptors (Lipinski definition) is 6. The smallest absolute Gasteiger partial charge is 0.151 e. The van der Waals surface area contributed by atoms with Gasteiger partial charge in [-0.15, -0.1) is 0 Å². The summed E-state index contributed by atoms with van der Waals surface area (Å²) in [6, 6.07) is 10.4. The van der Waals surface area contributed by atoms with Gasteiger partial charge in [-0.2, -0.15) is 5.26 Å². The molecule has 1 N–H and O–H groups in total. The van der Waals surface area contributed by atoms with Crippen LogP contribution in [-0.2, 0) is 4.57 Å². The number of rotatable bonds is 6. The topological polar surface area (TPSA) is 91.6 Å². The van der Waals surface area contributed by atoms with Crippen LogP contribution in [0.25, 0.3) is 22.3 Å². The maximum atomic E-state index is 15.1. The summed E-state index contributed by atoms with van der Waals surface area (Å²) in [5.41, 5.74) is 4.56. The average molecular weight is 506 g/mol. The third kappa shape index (κ3) is 4.72. The summed E-state index contributed by atoms with van der Waals surface area (Å²) in [6.07, 6.45) is 1.96. The van der Waals surface area contributed by atoms with Gasteiger partial charge < -0.3 is 9.88 Å². The summed E-state index contributed by atoms with van der Waals surface area (Å²) in [4.78, 5) is 13.4. The number of fused-ring (bicyclic) bond motifs is 1. The maximum absolute atomic E-state index is 15.1. The maximum Gasteiger partial charge on any atom is 0.151 e. The highest BCUT2D eigenvalue weighted by Crippen LogP contribution is 2.39. The Labute approximate surface area is 208 Å². The molecule has 0 saturated carbocycles. The van der Waals surface area contributed by atoms with Gasteiger partial charge in [-0.25, -0.2) is 13.8 Å². The molecule has 1 aromatic carbocycles. The monoisotopic (exact) mass is 505 g/mol. The number of aromatic nitrogens is 3. The van der Waals surface area contributed by atoms with Crippen LogP contribution in [-0.4, -0.2) is 27.8 Å². The van der Waals surface area contributed by atoms with E-state index >= 15 is 4.39 Å². The second kappa shape index (κ2) is 9.75.